The lowest BCUT2D eigenvalue weighted by Gasteiger charge is -2.35. The molecule has 0 N–H and O–H groups in total. The summed E-state index contributed by atoms with van der Waals surface area (Å²) in [6.45, 7) is 0. The van der Waals surface area contributed by atoms with E-state index >= 15 is 0 Å². The molecule has 0 amide bonds. The first-order valence-electron chi connectivity index (χ1n) is 21.8. The maximum Gasteiger partial charge on any atom is 0.227 e. The molecule has 0 bridgehead atoms. The molecule has 0 saturated heterocycles. The second kappa shape index (κ2) is 14.5. The van der Waals surface area contributed by atoms with Crippen molar-refractivity contribution in [1.82, 2.24) is 4.98 Å². The summed E-state index contributed by atoms with van der Waals surface area (Å²) in [6, 6.07) is 83.7. The zero-order valence-electron chi connectivity index (χ0n) is 34.7. The van der Waals surface area contributed by atoms with Crippen LogP contribution in [0, 0.1) is 0 Å². The Morgan fingerprint density at radius 1 is 0.406 bits per heavy atom. The van der Waals surface area contributed by atoms with Crippen molar-refractivity contribution >= 4 is 70.4 Å². The zero-order chi connectivity index (χ0) is 42.2. The molecule has 2 aromatic heterocycles. The first-order valence-corrected chi connectivity index (χ1v) is 22.6. The minimum Gasteiger partial charge on any atom is -0.436 e. The minimum atomic E-state index is -0.525. The van der Waals surface area contributed by atoms with Crippen LogP contribution in [0.3, 0.4) is 0 Å². The van der Waals surface area contributed by atoms with Gasteiger partial charge in [0.2, 0.25) is 5.89 Å². The number of aromatic nitrogens is 1. The van der Waals surface area contributed by atoms with Gasteiger partial charge in [0.25, 0.3) is 0 Å². The van der Waals surface area contributed by atoms with Crippen LogP contribution in [0.2, 0.25) is 0 Å². The maximum atomic E-state index is 6.44. The van der Waals surface area contributed by atoms with Crippen molar-refractivity contribution in [2.45, 2.75) is 5.41 Å². The molecule has 3 nitrogen and oxygen atoms in total. The van der Waals surface area contributed by atoms with Crippen LogP contribution in [0.5, 0.6) is 0 Å². The van der Waals surface area contributed by atoms with E-state index in [-0.39, 0.29) is 0 Å². The van der Waals surface area contributed by atoms with Crippen LogP contribution in [0.4, 0.5) is 17.1 Å². The maximum absolute atomic E-state index is 6.44. The van der Waals surface area contributed by atoms with E-state index in [1.807, 2.05) is 35.6 Å². The number of anilines is 3. The predicted molar refractivity (Wildman–Crippen MR) is 267 cm³/mol. The first kappa shape index (κ1) is 36.6. The summed E-state index contributed by atoms with van der Waals surface area (Å²) in [6.07, 6.45) is 0. The number of para-hydroxylation sites is 2. The van der Waals surface area contributed by atoms with Gasteiger partial charge in [-0.2, -0.15) is 0 Å². The third-order valence-electron chi connectivity index (χ3n) is 13.2. The summed E-state index contributed by atoms with van der Waals surface area (Å²) in [7, 11) is 0. The monoisotopic (exact) mass is 834 g/mol. The van der Waals surface area contributed by atoms with Crippen LogP contribution in [0.1, 0.15) is 22.3 Å². The average Bonchev–Trinajstić information content (AvgIpc) is 4.06. The van der Waals surface area contributed by atoms with Gasteiger partial charge in [-0.1, -0.05) is 170 Å². The van der Waals surface area contributed by atoms with E-state index < -0.39 is 5.41 Å². The van der Waals surface area contributed by atoms with E-state index in [0.29, 0.717) is 5.89 Å². The molecule has 1 aliphatic carbocycles. The Hall–Kier alpha value is -8.05. The van der Waals surface area contributed by atoms with Gasteiger partial charge in [0.1, 0.15) is 5.52 Å². The van der Waals surface area contributed by atoms with E-state index in [2.05, 4.69) is 211 Å². The van der Waals surface area contributed by atoms with Crippen molar-refractivity contribution in [2.24, 2.45) is 0 Å². The molecule has 2 heterocycles. The summed E-state index contributed by atoms with van der Waals surface area (Å²) < 4.78 is 8.93. The molecular formula is C60H38N2OS. The van der Waals surface area contributed by atoms with Gasteiger partial charge >= 0.3 is 0 Å². The summed E-state index contributed by atoms with van der Waals surface area (Å²) >= 11 is 1.85. The third kappa shape index (κ3) is 5.56. The molecule has 1 aliphatic rings. The number of oxazole rings is 1. The van der Waals surface area contributed by atoms with Crippen molar-refractivity contribution in [3.8, 4) is 33.7 Å². The average molecular weight is 835 g/mol. The van der Waals surface area contributed by atoms with Crippen LogP contribution >= 0.6 is 11.3 Å². The third-order valence-corrected chi connectivity index (χ3v) is 14.4. The quantitative estimate of drug-likeness (QED) is 0.160. The molecule has 0 fully saturated rings. The molecule has 0 unspecified atom stereocenters. The Morgan fingerprint density at radius 3 is 1.77 bits per heavy atom. The van der Waals surface area contributed by atoms with Gasteiger partial charge < -0.3 is 9.32 Å². The van der Waals surface area contributed by atoms with Gasteiger partial charge in [-0.05, 0) is 111 Å². The number of thiophene rings is 1. The van der Waals surface area contributed by atoms with Crippen LogP contribution in [0.15, 0.2) is 235 Å². The first-order chi connectivity index (χ1) is 31.7. The molecule has 64 heavy (non-hydrogen) atoms. The lowest BCUT2D eigenvalue weighted by molar-refractivity contribution is 0.621. The van der Waals surface area contributed by atoms with Crippen molar-refractivity contribution in [2.75, 3.05) is 4.90 Å². The predicted octanol–water partition coefficient (Wildman–Crippen LogP) is 16.5. The molecule has 0 aliphatic heterocycles. The number of rotatable bonds is 7. The summed E-state index contributed by atoms with van der Waals surface area (Å²) in [5.41, 5.74) is 15.3. The van der Waals surface area contributed by atoms with Crippen LogP contribution in [-0.2, 0) is 5.41 Å². The van der Waals surface area contributed by atoms with Crippen LogP contribution < -0.4 is 4.90 Å². The van der Waals surface area contributed by atoms with Crippen LogP contribution in [-0.4, -0.2) is 4.98 Å². The Kier molecular flexibility index (Phi) is 8.30. The Morgan fingerprint density at radius 2 is 1.00 bits per heavy atom. The van der Waals surface area contributed by atoms with Crippen molar-refractivity contribution in [3.63, 3.8) is 0 Å². The fourth-order valence-corrected chi connectivity index (χ4v) is 11.5. The fraction of sp³-hybridized carbons (Fsp3) is 0.0167. The number of nitrogens with zero attached hydrogens (tertiary/aromatic N) is 2. The molecule has 0 saturated carbocycles. The van der Waals surface area contributed by atoms with Crippen molar-refractivity contribution in [1.29, 1.82) is 0 Å². The molecule has 0 atom stereocenters. The normalized spacial score (nSPS) is 12.8. The highest BCUT2D eigenvalue weighted by atomic mass is 32.1. The molecule has 10 aromatic carbocycles. The highest BCUT2D eigenvalue weighted by molar-refractivity contribution is 7.26. The van der Waals surface area contributed by atoms with E-state index in [1.54, 1.807) is 0 Å². The van der Waals surface area contributed by atoms with Crippen molar-refractivity contribution in [3.05, 3.63) is 253 Å². The van der Waals surface area contributed by atoms with Crippen LogP contribution in [0.25, 0.3) is 75.8 Å². The largest absolute Gasteiger partial charge is 0.436 e. The molecular weight excluding hydrogens is 797 g/mol. The Labute approximate surface area is 374 Å². The smallest absolute Gasteiger partial charge is 0.227 e. The zero-order valence-corrected chi connectivity index (χ0v) is 35.5. The van der Waals surface area contributed by atoms with Gasteiger partial charge in [-0.15, -0.1) is 11.3 Å². The van der Waals surface area contributed by atoms with E-state index in [0.717, 1.165) is 39.1 Å². The Bertz CT molecular complexity index is 3650. The van der Waals surface area contributed by atoms with Gasteiger partial charge in [-0.3, -0.25) is 0 Å². The van der Waals surface area contributed by atoms with Crippen molar-refractivity contribution < 1.29 is 4.42 Å². The lowest BCUT2D eigenvalue weighted by Crippen LogP contribution is -2.28. The van der Waals surface area contributed by atoms with Gasteiger partial charge in [0, 0.05) is 48.2 Å². The van der Waals surface area contributed by atoms with E-state index in [9.17, 15) is 0 Å². The highest BCUT2D eigenvalue weighted by Gasteiger charge is 2.46. The second-order valence-electron chi connectivity index (χ2n) is 16.6. The molecule has 0 spiro atoms. The molecule has 13 rings (SSSR count). The summed E-state index contributed by atoms with van der Waals surface area (Å²) in [4.78, 5) is 7.42. The SMILES string of the molecule is c1ccc(-c2ccc(N(c3ccc4c(c3)C(c3ccccc3)(c3ccccc3)c3ccccc3-4)c3ccc4sc5c6ccccc6c(-c6nc7ccccc7o6)cc5c4c3)cc2)cc1. The number of fused-ring (bicyclic) bond motifs is 9. The standard InChI is InChI=1S/C60H38N2OS/c1-4-16-39(17-5-1)40-28-30-43(31-29-40)62(45-32-34-48-47-23-12-13-25-53(47)60(54(48)37-45,41-18-6-2-7-19-41)42-20-8-3-9-21-42)44-33-35-57-50(36-44)51-38-52(46-22-10-11-24-49(46)58(51)64-57)59-61-55-26-14-15-27-56(55)63-59/h1-38H. The second-order valence-corrected chi connectivity index (χ2v) is 17.7. The van der Waals surface area contributed by atoms with E-state index in [4.69, 9.17) is 9.40 Å². The number of benzene rings is 10. The summed E-state index contributed by atoms with van der Waals surface area (Å²) in [5.74, 6) is 0.634. The van der Waals surface area contributed by atoms with Gasteiger partial charge in [0.15, 0.2) is 5.58 Å². The molecule has 0 radical (unpaired) electrons. The molecule has 300 valence electrons. The molecule has 12 aromatic rings. The lowest BCUT2D eigenvalue weighted by atomic mass is 9.67. The minimum absolute atomic E-state index is 0.525. The number of hydrogen-bond donors (Lipinski definition) is 0. The van der Waals surface area contributed by atoms with Gasteiger partial charge in [-0.25, -0.2) is 4.98 Å². The summed E-state index contributed by atoms with van der Waals surface area (Å²) in [5, 5.41) is 4.72. The fourth-order valence-electron chi connectivity index (χ4n) is 10.3. The highest BCUT2D eigenvalue weighted by Crippen LogP contribution is 2.57. The topological polar surface area (TPSA) is 29.3 Å². The Balaban J connectivity index is 1.05. The molecule has 4 heteroatoms. The number of hydrogen-bond acceptors (Lipinski definition) is 4. The van der Waals surface area contributed by atoms with E-state index in [1.165, 1.54) is 70.1 Å². The van der Waals surface area contributed by atoms with Gasteiger partial charge in [0.05, 0.1) is 5.41 Å².